The standard InChI is InChI=1S/C10H21/c1-6-10(9(4)5)7-8(2)3/h7-10H,6H2,1-5H3/q+1. The lowest BCUT2D eigenvalue weighted by atomic mass is 9.86. The van der Waals surface area contributed by atoms with Crippen molar-refractivity contribution in [3.8, 4) is 0 Å². The fraction of sp³-hybridized carbons (Fsp3) is 0.900. The Hall–Kier alpha value is -0.130. The minimum Gasteiger partial charge on any atom is -0.0610 e. The van der Waals surface area contributed by atoms with Crippen molar-refractivity contribution in [1.29, 1.82) is 0 Å². The van der Waals surface area contributed by atoms with Crippen LogP contribution in [0.5, 0.6) is 0 Å². The van der Waals surface area contributed by atoms with Gasteiger partial charge in [0.25, 0.3) is 0 Å². The average molecular weight is 141 g/mol. The van der Waals surface area contributed by atoms with Crippen LogP contribution in [0, 0.1) is 24.2 Å². The van der Waals surface area contributed by atoms with Crippen molar-refractivity contribution in [3.63, 3.8) is 0 Å². The second-order valence-electron chi connectivity index (χ2n) is 3.75. The van der Waals surface area contributed by atoms with Gasteiger partial charge in [0.15, 0.2) is 0 Å². The lowest BCUT2D eigenvalue weighted by molar-refractivity contribution is 0.393. The molecule has 1 unspecified atom stereocenters. The van der Waals surface area contributed by atoms with Gasteiger partial charge in [0.05, 0.1) is 18.3 Å². The van der Waals surface area contributed by atoms with Gasteiger partial charge in [-0.05, 0) is 26.2 Å². The highest BCUT2D eigenvalue weighted by Crippen LogP contribution is 2.21. The molecule has 10 heavy (non-hydrogen) atoms. The molecule has 0 bridgehead atoms. The molecule has 0 fully saturated rings. The largest absolute Gasteiger partial charge is 0.1000 e. The predicted octanol–water partition coefficient (Wildman–Crippen LogP) is 3.53. The Balaban J connectivity index is 3.60. The van der Waals surface area contributed by atoms with Gasteiger partial charge in [0.1, 0.15) is 0 Å². The molecule has 1 atom stereocenters. The normalized spacial score (nSPS) is 14.3. The highest BCUT2D eigenvalue weighted by Gasteiger charge is 2.20. The first-order chi connectivity index (χ1) is 4.57. The third kappa shape index (κ3) is 3.81. The summed E-state index contributed by atoms with van der Waals surface area (Å²) in [5, 5.41) is 0. The van der Waals surface area contributed by atoms with Gasteiger partial charge in [0, 0.05) is 0 Å². The molecule has 0 saturated carbocycles. The second-order valence-corrected chi connectivity index (χ2v) is 3.75. The van der Waals surface area contributed by atoms with E-state index in [1.807, 2.05) is 0 Å². The van der Waals surface area contributed by atoms with Crippen molar-refractivity contribution in [2.45, 2.75) is 41.0 Å². The summed E-state index contributed by atoms with van der Waals surface area (Å²) in [5.41, 5.74) is 0. The summed E-state index contributed by atoms with van der Waals surface area (Å²) in [6, 6.07) is 0. The lowest BCUT2D eigenvalue weighted by Gasteiger charge is -2.11. The summed E-state index contributed by atoms with van der Waals surface area (Å²) >= 11 is 0. The second kappa shape index (κ2) is 4.65. The van der Waals surface area contributed by atoms with Gasteiger partial charge in [-0.3, -0.25) is 0 Å². The minimum absolute atomic E-state index is 0.743. The number of rotatable bonds is 4. The minimum atomic E-state index is 0.743. The molecular weight excluding hydrogens is 120 g/mol. The third-order valence-corrected chi connectivity index (χ3v) is 1.96. The van der Waals surface area contributed by atoms with Crippen LogP contribution in [0.3, 0.4) is 0 Å². The van der Waals surface area contributed by atoms with Crippen LogP contribution in [0.1, 0.15) is 41.0 Å². The van der Waals surface area contributed by atoms with Crippen molar-refractivity contribution in [2.24, 2.45) is 17.8 Å². The topological polar surface area (TPSA) is 0 Å². The Kier molecular flexibility index (Phi) is 4.59. The molecule has 0 spiro atoms. The van der Waals surface area contributed by atoms with Crippen molar-refractivity contribution in [2.75, 3.05) is 0 Å². The van der Waals surface area contributed by atoms with Crippen molar-refractivity contribution in [1.82, 2.24) is 0 Å². The average Bonchev–Trinajstić information content (AvgIpc) is 1.81. The molecule has 0 aliphatic rings. The summed E-state index contributed by atoms with van der Waals surface area (Å²) in [7, 11) is 0. The molecule has 0 saturated heterocycles. The van der Waals surface area contributed by atoms with Crippen LogP contribution in [0.25, 0.3) is 0 Å². The molecule has 0 rings (SSSR count). The van der Waals surface area contributed by atoms with Crippen LogP contribution < -0.4 is 0 Å². The van der Waals surface area contributed by atoms with Crippen molar-refractivity contribution >= 4 is 0 Å². The molecule has 0 N–H and O–H groups in total. The summed E-state index contributed by atoms with van der Waals surface area (Å²) < 4.78 is 0. The van der Waals surface area contributed by atoms with Crippen LogP contribution in [-0.2, 0) is 0 Å². The lowest BCUT2D eigenvalue weighted by Crippen LogP contribution is -2.11. The molecule has 0 radical (unpaired) electrons. The van der Waals surface area contributed by atoms with Crippen LogP contribution in [0.4, 0.5) is 0 Å². The predicted molar refractivity (Wildman–Crippen MR) is 47.8 cm³/mol. The van der Waals surface area contributed by atoms with E-state index in [9.17, 15) is 0 Å². The maximum atomic E-state index is 2.46. The molecule has 0 heterocycles. The monoisotopic (exact) mass is 141 g/mol. The molecule has 0 aromatic heterocycles. The highest BCUT2D eigenvalue weighted by atomic mass is 14.2. The zero-order valence-electron chi connectivity index (χ0n) is 8.02. The first-order valence-electron chi connectivity index (χ1n) is 4.42. The number of hydrogen-bond donors (Lipinski definition) is 0. The Bertz CT molecular complexity index is 72.1. The zero-order chi connectivity index (χ0) is 8.15. The van der Waals surface area contributed by atoms with E-state index in [2.05, 4.69) is 41.0 Å². The van der Waals surface area contributed by atoms with Gasteiger partial charge < -0.3 is 0 Å². The van der Waals surface area contributed by atoms with E-state index < -0.39 is 0 Å². The molecule has 0 aliphatic heterocycles. The molecule has 0 aliphatic carbocycles. The van der Waals surface area contributed by atoms with E-state index >= 15 is 0 Å². The maximum absolute atomic E-state index is 2.46. The summed E-state index contributed by atoms with van der Waals surface area (Å²) in [5.74, 6) is 2.37. The molecular formula is C10H21+. The Labute approximate surface area is 66.0 Å². The fourth-order valence-electron chi connectivity index (χ4n) is 1.32. The van der Waals surface area contributed by atoms with Crippen LogP contribution in [0.15, 0.2) is 0 Å². The molecule has 0 nitrogen and oxygen atoms in total. The summed E-state index contributed by atoms with van der Waals surface area (Å²) in [6.07, 6.45) is 3.75. The molecule has 0 heteroatoms. The first kappa shape index (κ1) is 9.87. The summed E-state index contributed by atoms with van der Waals surface area (Å²) in [6.45, 7) is 11.4. The first-order valence-corrected chi connectivity index (χ1v) is 4.42. The number of hydrogen-bond acceptors (Lipinski definition) is 0. The van der Waals surface area contributed by atoms with Crippen LogP contribution >= 0.6 is 0 Å². The fourth-order valence-corrected chi connectivity index (χ4v) is 1.32. The molecule has 0 amide bonds. The molecule has 0 aromatic carbocycles. The smallest absolute Gasteiger partial charge is 0.0610 e. The van der Waals surface area contributed by atoms with E-state index in [0.29, 0.717) is 0 Å². The Morgan fingerprint density at radius 2 is 1.60 bits per heavy atom. The molecule has 60 valence electrons. The SMILES string of the molecule is CCC([CH+]C(C)C)C(C)C. The quantitative estimate of drug-likeness (QED) is 0.525. The van der Waals surface area contributed by atoms with Gasteiger partial charge >= 0.3 is 0 Å². The Morgan fingerprint density at radius 3 is 1.70 bits per heavy atom. The maximum Gasteiger partial charge on any atom is 0.1000 e. The van der Waals surface area contributed by atoms with E-state index in [1.165, 1.54) is 6.42 Å². The van der Waals surface area contributed by atoms with Gasteiger partial charge in [-0.15, -0.1) is 0 Å². The van der Waals surface area contributed by atoms with E-state index in [4.69, 9.17) is 0 Å². The van der Waals surface area contributed by atoms with Gasteiger partial charge in [-0.2, -0.15) is 0 Å². The van der Waals surface area contributed by atoms with E-state index in [1.54, 1.807) is 0 Å². The van der Waals surface area contributed by atoms with Gasteiger partial charge in [-0.25, -0.2) is 0 Å². The zero-order valence-corrected chi connectivity index (χ0v) is 8.02. The van der Waals surface area contributed by atoms with Crippen molar-refractivity contribution < 1.29 is 0 Å². The van der Waals surface area contributed by atoms with Crippen molar-refractivity contribution in [3.05, 3.63) is 6.42 Å². The molecule has 0 aromatic rings. The van der Waals surface area contributed by atoms with E-state index in [0.717, 1.165) is 17.8 Å². The van der Waals surface area contributed by atoms with E-state index in [-0.39, 0.29) is 0 Å². The third-order valence-electron chi connectivity index (χ3n) is 1.96. The highest BCUT2D eigenvalue weighted by molar-refractivity contribution is 4.80. The van der Waals surface area contributed by atoms with Crippen LogP contribution in [0.2, 0.25) is 0 Å². The van der Waals surface area contributed by atoms with Gasteiger partial charge in [0.2, 0.25) is 0 Å². The van der Waals surface area contributed by atoms with Gasteiger partial charge in [-0.1, -0.05) is 20.8 Å². The van der Waals surface area contributed by atoms with Crippen LogP contribution in [-0.4, -0.2) is 0 Å². The Morgan fingerprint density at radius 1 is 1.10 bits per heavy atom. The summed E-state index contributed by atoms with van der Waals surface area (Å²) in [4.78, 5) is 0.